The van der Waals surface area contributed by atoms with Crippen LogP contribution in [-0.2, 0) is 26.0 Å². The summed E-state index contributed by atoms with van der Waals surface area (Å²) in [4.78, 5) is 0. The minimum atomic E-state index is -0.229. The average molecular weight is 435 g/mol. The van der Waals surface area contributed by atoms with Crippen LogP contribution in [0.2, 0.25) is 0 Å². The molecule has 0 aliphatic carbocycles. The molecule has 5 nitrogen and oxygen atoms in total. The smallest absolute Gasteiger partial charge is 0.192 e. The summed E-state index contributed by atoms with van der Waals surface area (Å²) in [7, 11) is 0. The standard InChI is InChI=1S/C25H30N4OS/c1-5-20-10-12-22(13-11-20)30-17-24-27-28-25(29(24)16-18(2)3)31-23(15-26)14-21-8-6-19(4)7-9-21/h6-13,18,23H,5,14,16-17H2,1-4H3. The SMILES string of the molecule is CCc1ccc(OCc2nnc(SC(C#N)Cc3ccc(C)cc3)n2CC(C)C)cc1. The predicted molar refractivity (Wildman–Crippen MR) is 125 cm³/mol. The van der Waals surface area contributed by atoms with Crippen molar-refractivity contribution in [2.45, 2.75) is 64.1 Å². The van der Waals surface area contributed by atoms with Gasteiger partial charge in [-0.05, 0) is 48.9 Å². The Kier molecular flexibility index (Phi) is 8.13. The maximum Gasteiger partial charge on any atom is 0.192 e. The van der Waals surface area contributed by atoms with Crippen molar-refractivity contribution in [3.8, 4) is 11.8 Å². The van der Waals surface area contributed by atoms with E-state index in [1.807, 2.05) is 12.1 Å². The molecule has 0 N–H and O–H groups in total. The van der Waals surface area contributed by atoms with Crippen molar-refractivity contribution in [2.75, 3.05) is 0 Å². The van der Waals surface area contributed by atoms with Crippen molar-refractivity contribution >= 4 is 11.8 Å². The van der Waals surface area contributed by atoms with E-state index in [9.17, 15) is 5.26 Å². The number of ether oxygens (including phenoxy) is 1. The van der Waals surface area contributed by atoms with Crippen molar-refractivity contribution < 1.29 is 4.74 Å². The Balaban J connectivity index is 1.72. The van der Waals surface area contributed by atoms with E-state index < -0.39 is 0 Å². The van der Waals surface area contributed by atoms with Crippen LogP contribution in [-0.4, -0.2) is 20.0 Å². The number of nitriles is 1. The molecule has 0 bridgehead atoms. The lowest BCUT2D eigenvalue weighted by Gasteiger charge is -2.15. The number of rotatable bonds is 10. The van der Waals surface area contributed by atoms with Gasteiger partial charge in [0, 0.05) is 6.54 Å². The fourth-order valence-electron chi connectivity index (χ4n) is 3.21. The molecule has 0 saturated heterocycles. The fraction of sp³-hybridized carbons (Fsp3) is 0.400. The molecule has 162 valence electrons. The molecule has 0 aliphatic rings. The van der Waals surface area contributed by atoms with Crippen LogP contribution < -0.4 is 4.74 Å². The van der Waals surface area contributed by atoms with Crippen molar-refractivity contribution in [1.82, 2.24) is 14.8 Å². The van der Waals surface area contributed by atoms with Crippen LogP contribution in [0.5, 0.6) is 5.75 Å². The van der Waals surface area contributed by atoms with Gasteiger partial charge in [0.25, 0.3) is 0 Å². The summed E-state index contributed by atoms with van der Waals surface area (Å²) in [6, 6.07) is 18.9. The maximum absolute atomic E-state index is 9.72. The van der Waals surface area contributed by atoms with Crippen LogP contribution >= 0.6 is 11.8 Å². The average Bonchev–Trinajstić information content (AvgIpc) is 3.14. The van der Waals surface area contributed by atoms with Crippen LogP contribution in [0, 0.1) is 24.2 Å². The second kappa shape index (κ2) is 11.0. The second-order valence-corrected chi connectivity index (χ2v) is 9.28. The van der Waals surface area contributed by atoms with E-state index in [0.717, 1.165) is 35.3 Å². The highest BCUT2D eigenvalue weighted by molar-refractivity contribution is 8.00. The lowest BCUT2D eigenvalue weighted by atomic mass is 10.1. The first-order valence-corrected chi connectivity index (χ1v) is 11.6. The molecular weight excluding hydrogens is 404 g/mol. The van der Waals surface area contributed by atoms with Crippen LogP contribution in [0.3, 0.4) is 0 Å². The lowest BCUT2D eigenvalue weighted by Crippen LogP contribution is -2.13. The summed E-state index contributed by atoms with van der Waals surface area (Å²) in [5.41, 5.74) is 3.65. The van der Waals surface area contributed by atoms with Gasteiger partial charge < -0.3 is 9.30 Å². The zero-order valence-electron chi connectivity index (χ0n) is 18.7. The third-order valence-electron chi connectivity index (χ3n) is 4.97. The van der Waals surface area contributed by atoms with Crippen molar-refractivity contribution in [2.24, 2.45) is 5.92 Å². The molecule has 31 heavy (non-hydrogen) atoms. The van der Waals surface area contributed by atoms with Gasteiger partial charge in [-0.15, -0.1) is 10.2 Å². The fourth-order valence-corrected chi connectivity index (χ4v) is 4.19. The zero-order chi connectivity index (χ0) is 22.2. The largest absolute Gasteiger partial charge is 0.486 e. The van der Waals surface area contributed by atoms with Crippen molar-refractivity contribution in [1.29, 1.82) is 5.26 Å². The molecule has 1 unspecified atom stereocenters. The van der Waals surface area contributed by atoms with E-state index in [4.69, 9.17) is 4.74 Å². The molecule has 0 radical (unpaired) electrons. The van der Waals surface area contributed by atoms with Gasteiger partial charge in [-0.2, -0.15) is 5.26 Å². The molecule has 1 aromatic heterocycles. The highest BCUT2D eigenvalue weighted by atomic mass is 32.2. The highest BCUT2D eigenvalue weighted by Gasteiger charge is 2.19. The summed E-state index contributed by atoms with van der Waals surface area (Å²) in [5, 5.41) is 19.0. The summed E-state index contributed by atoms with van der Waals surface area (Å²) in [5.74, 6) is 2.03. The highest BCUT2D eigenvalue weighted by Crippen LogP contribution is 2.26. The monoisotopic (exact) mass is 434 g/mol. The topological polar surface area (TPSA) is 63.7 Å². The number of benzene rings is 2. The van der Waals surface area contributed by atoms with Crippen LogP contribution in [0.1, 0.15) is 43.3 Å². The van der Waals surface area contributed by atoms with Gasteiger partial charge in [0.2, 0.25) is 0 Å². The predicted octanol–water partition coefficient (Wildman–Crippen LogP) is 5.61. The van der Waals surface area contributed by atoms with Gasteiger partial charge in [0.05, 0.1) is 6.07 Å². The van der Waals surface area contributed by atoms with Gasteiger partial charge in [-0.1, -0.05) is 74.5 Å². The molecule has 6 heteroatoms. The Bertz CT molecular complexity index is 1000. The van der Waals surface area contributed by atoms with Crippen LogP contribution in [0.4, 0.5) is 0 Å². The van der Waals surface area contributed by atoms with E-state index in [2.05, 4.69) is 84.9 Å². The van der Waals surface area contributed by atoms with Crippen molar-refractivity contribution in [3.05, 3.63) is 71.0 Å². The lowest BCUT2D eigenvalue weighted by molar-refractivity contribution is 0.284. The Labute approximate surface area is 189 Å². The number of hydrogen-bond acceptors (Lipinski definition) is 5. The number of hydrogen-bond donors (Lipinski definition) is 0. The van der Waals surface area contributed by atoms with Gasteiger partial charge in [0.15, 0.2) is 11.0 Å². The maximum atomic E-state index is 9.72. The second-order valence-electron chi connectivity index (χ2n) is 8.11. The first-order valence-electron chi connectivity index (χ1n) is 10.7. The molecule has 3 rings (SSSR count). The number of nitrogens with zero attached hydrogens (tertiary/aromatic N) is 4. The van der Waals surface area contributed by atoms with E-state index in [-0.39, 0.29) is 5.25 Å². The van der Waals surface area contributed by atoms with E-state index in [1.165, 1.54) is 22.9 Å². The van der Waals surface area contributed by atoms with E-state index in [0.29, 0.717) is 18.9 Å². The molecule has 2 aromatic carbocycles. The van der Waals surface area contributed by atoms with E-state index >= 15 is 0 Å². The molecule has 1 atom stereocenters. The Hall–Kier alpha value is -2.78. The first-order chi connectivity index (χ1) is 15.0. The third kappa shape index (κ3) is 6.60. The minimum absolute atomic E-state index is 0.229. The number of aromatic nitrogens is 3. The zero-order valence-corrected chi connectivity index (χ0v) is 19.5. The van der Waals surface area contributed by atoms with E-state index in [1.54, 1.807) is 0 Å². The summed E-state index contributed by atoms with van der Waals surface area (Å²) in [6.07, 6.45) is 1.68. The molecule has 3 aromatic rings. The Morgan fingerprint density at radius 3 is 2.32 bits per heavy atom. The molecule has 0 saturated carbocycles. The minimum Gasteiger partial charge on any atom is -0.486 e. The van der Waals surface area contributed by atoms with Gasteiger partial charge >= 0.3 is 0 Å². The quantitative estimate of drug-likeness (QED) is 0.388. The Morgan fingerprint density at radius 1 is 1.03 bits per heavy atom. The molecule has 0 spiro atoms. The Morgan fingerprint density at radius 2 is 1.71 bits per heavy atom. The number of aryl methyl sites for hydroxylation is 2. The molecule has 0 aliphatic heterocycles. The number of thioether (sulfide) groups is 1. The molecule has 1 heterocycles. The van der Waals surface area contributed by atoms with Gasteiger partial charge in [-0.25, -0.2) is 0 Å². The van der Waals surface area contributed by atoms with Crippen LogP contribution in [0.25, 0.3) is 0 Å². The van der Waals surface area contributed by atoms with Crippen LogP contribution in [0.15, 0.2) is 53.7 Å². The normalized spacial score (nSPS) is 12.0. The summed E-state index contributed by atoms with van der Waals surface area (Å²) >= 11 is 1.48. The third-order valence-corrected chi connectivity index (χ3v) is 6.04. The summed E-state index contributed by atoms with van der Waals surface area (Å²) < 4.78 is 8.06. The summed E-state index contributed by atoms with van der Waals surface area (Å²) in [6.45, 7) is 9.66. The van der Waals surface area contributed by atoms with Crippen molar-refractivity contribution in [3.63, 3.8) is 0 Å². The molecular formula is C25H30N4OS. The van der Waals surface area contributed by atoms with Gasteiger partial charge in [0.1, 0.15) is 17.6 Å². The molecule has 0 amide bonds. The molecule has 0 fully saturated rings. The first kappa shape index (κ1) is 22.9. The van der Waals surface area contributed by atoms with Gasteiger partial charge in [-0.3, -0.25) is 0 Å².